The van der Waals surface area contributed by atoms with Gasteiger partial charge in [-0.1, -0.05) is 17.4 Å². The van der Waals surface area contributed by atoms with Crippen LogP contribution in [0.1, 0.15) is 17.3 Å². The molecule has 0 aliphatic heterocycles. The molecule has 0 saturated carbocycles. The molecule has 130 valence electrons. The number of para-hydroxylation sites is 1. The number of anilines is 1. The SMILES string of the molecule is CCn1c(=NC(=O)c2ccc(N(C)C)cc2)sc2cccc(OC)c21. The molecule has 2 aromatic carbocycles. The number of benzene rings is 2. The molecule has 0 radical (unpaired) electrons. The number of ether oxygens (including phenoxy) is 1. The lowest BCUT2D eigenvalue weighted by Crippen LogP contribution is -2.16. The minimum Gasteiger partial charge on any atom is -0.495 e. The molecule has 0 unspecified atom stereocenters. The average Bonchev–Trinajstić information content (AvgIpc) is 2.98. The fourth-order valence-electron chi connectivity index (χ4n) is 2.69. The number of hydrogen-bond acceptors (Lipinski definition) is 4. The number of nitrogens with zero attached hydrogens (tertiary/aromatic N) is 3. The zero-order valence-corrected chi connectivity index (χ0v) is 15.6. The van der Waals surface area contributed by atoms with E-state index in [0.29, 0.717) is 16.9 Å². The number of carbonyl (C=O) groups excluding carboxylic acids is 1. The van der Waals surface area contributed by atoms with Crippen molar-refractivity contribution in [2.75, 3.05) is 26.1 Å². The molecular formula is C19H21N3O2S. The predicted molar refractivity (Wildman–Crippen MR) is 103 cm³/mol. The van der Waals surface area contributed by atoms with Crippen molar-refractivity contribution in [3.05, 3.63) is 52.8 Å². The van der Waals surface area contributed by atoms with Gasteiger partial charge in [0.25, 0.3) is 5.91 Å². The quantitative estimate of drug-likeness (QED) is 0.719. The molecule has 0 aliphatic rings. The summed E-state index contributed by atoms with van der Waals surface area (Å²) >= 11 is 1.50. The van der Waals surface area contributed by atoms with Crippen LogP contribution in [0.2, 0.25) is 0 Å². The molecule has 1 amide bonds. The summed E-state index contributed by atoms with van der Waals surface area (Å²) in [6.45, 7) is 2.75. The summed E-state index contributed by atoms with van der Waals surface area (Å²) in [5.74, 6) is 0.554. The van der Waals surface area contributed by atoms with Gasteiger partial charge in [0.15, 0.2) is 4.80 Å². The van der Waals surface area contributed by atoms with Crippen molar-refractivity contribution in [3.63, 3.8) is 0 Å². The second-order valence-corrected chi connectivity index (χ2v) is 6.80. The second-order valence-electron chi connectivity index (χ2n) is 5.79. The van der Waals surface area contributed by atoms with Crippen molar-refractivity contribution in [3.8, 4) is 5.75 Å². The minimum absolute atomic E-state index is 0.238. The zero-order valence-electron chi connectivity index (χ0n) is 14.8. The van der Waals surface area contributed by atoms with E-state index in [4.69, 9.17) is 4.74 Å². The number of aromatic nitrogens is 1. The van der Waals surface area contributed by atoms with Crippen LogP contribution in [0, 0.1) is 0 Å². The Bertz CT molecular complexity index is 968. The van der Waals surface area contributed by atoms with Crippen molar-refractivity contribution >= 4 is 33.1 Å². The summed E-state index contributed by atoms with van der Waals surface area (Å²) in [5, 5.41) is 0. The van der Waals surface area contributed by atoms with Gasteiger partial charge in [0.05, 0.1) is 11.8 Å². The molecule has 3 aromatic rings. The van der Waals surface area contributed by atoms with Gasteiger partial charge in [-0.25, -0.2) is 0 Å². The van der Waals surface area contributed by atoms with Crippen LogP contribution < -0.4 is 14.4 Å². The number of rotatable bonds is 4. The van der Waals surface area contributed by atoms with Gasteiger partial charge >= 0.3 is 0 Å². The molecule has 1 heterocycles. The fraction of sp³-hybridized carbons (Fsp3) is 0.263. The summed E-state index contributed by atoms with van der Waals surface area (Å²) in [5.41, 5.74) is 2.61. The van der Waals surface area contributed by atoms with Gasteiger partial charge in [0.1, 0.15) is 11.3 Å². The van der Waals surface area contributed by atoms with E-state index in [1.165, 1.54) is 11.3 Å². The standard InChI is InChI=1S/C19H21N3O2S/c1-5-22-17-15(24-4)7-6-8-16(17)25-19(22)20-18(23)13-9-11-14(12-10-13)21(2)3/h6-12H,5H2,1-4H3. The number of carbonyl (C=O) groups is 1. The van der Waals surface area contributed by atoms with Gasteiger partial charge in [-0.3, -0.25) is 4.79 Å². The topological polar surface area (TPSA) is 46.8 Å². The van der Waals surface area contributed by atoms with Crippen molar-refractivity contribution < 1.29 is 9.53 Å². The number of methoxy groups -OCH3 is 1. The number of thiazole rings is 1. The predicted octanol–water partition coefficient (Wildman–Crippen LogP) is 3.54. The molecule has 25 heavy (non-hydrogen) atoms. The van der Waals surface area contributed by atoms with E-state index in [9.17, 15) is 4.79 Å². The van der Waals surface area contributed by atoms with E-state index in [2.05, 4.69) is 4.99 Å². The maximum Gasteiger partial charge on any atom is 0.279 e. The van der Waals surface area contributed by atoms with Crippen LogP contribution in [0.25, 0.3) is 10.2 Å². The lowest BCUT2D eigenvalue weighted by molar-refractivity contribution is 0.0998. The van der Waals surface area contributed by atoms with Crippen LogP contribution in [0.3, 0.4) is 0 Å². The third-order valence-electron chi connectivity index (χ3n) is 4.03. The Hall–Kier alpha value is -2.60. The van der Waals surface area contributed by atoms with E-state index in [1.807, 2.05) is 73.0 Å². The summed E-state index contributed by atoms with van der Waals surface area (Å²) in [7, 11) is 5.59. The van der Waals surface area contributed by atoms with Gasteiger partial charge in [-0.15, -0.1) is 0 Å². The second kappa shape index (κ2) is 7.11. The highest BCUT2D eigenvalue weighted by Crippen LogP contribution is 2.27. The molecule has 0 saturated heterocycles. The zero-order chi connectivity index (χ0) is 18.0. The lowest BCUT2D eigenvalue weighted by Gasteiger charge is -2.11. The first-order chi connectivity index (χ1) is 12.0. The van der Waals surface area contributed by atoms with E-state index in [1.54, 1.807) is 7.11 Å². The first-order valence-corrected chi connectivity index (χ1v) is 8.89. The maximum atomic E-state index is 12.6. The third kappa shape index (κ3) is 3.30. The molecule has 0 N–H and O–H groups in total. The number of aryl methyl sites for hydroxylation is 1. The van der Waals surface area contributed by atoms with E-state index < -0.39 is 0 Å². The Kier molecular flexibility index (Phi) is 4.90. The molecule has 6 heteroatoms. The van der Waals surface area contributed by atoms with Crippen molar-refractivity contribution in [1.29, 1.82) is 0 Å². The number of hydrogen-bond donors (Lipinski definition) is 0. The molecule has 1 aromatic heterocycles. The molecular weight excluding hydrogens is 334 g/mol. The maximum absolute atomic E-state index is 12.6. The van der Waals surface area contributed by atoms with Crippen molar-refractivity contribution in [1.82, 2.24) is 4.57 Å². The summed E-state index contributed by atoms with van der Waals surface area (Å²) in [6, 6.07) is 13.4. The first kappa shape index (κ1) is 17.2. The molecule has 5 nitrogen and oxygen atoms in total. The van der Waals surface area contributed by atoms with Crippen LogP contribution in [0.5, 0.6) is 5.75 Å². The Balaban J connectivity index is 2.07. The molecule has 3 rings (SSSR count). The van der Waals surface area contributed by atoms with Crippen molar-refractivity contribution in [2.24, 2.45) is 4.99 Å². The van der Waals surface area contributed by atoms with Crippen LogP contribution in [-0.2, 0) is 6.54 Å². The van der Waals surface area contributed by atoms with Gasteiger partial charge in [-0.05, 0) is 43.3 Å². The number of fused-ring (bicyclic) bond motifs is 1. The fourth-order valence-corrected chi connectivity index (χ4v) is 3.80. The van der Waals surface area contributed by atoms with Crippen LogP contribution in [0.15, 0.2) is 47.5 Å². The molecule has 0 atom stereocenters. The van der Waals surface area contributed by atoms with Crippen LogP contribution in [0.4, 0.5) is 5.69 Å². The summed E-state index contributed by atoms with van der Waals surface area (Å²) < 4.78 is 8.53. The van der Waals surface area contributed by atoms with Crippen LogP contribution in [-0.4, -0.2) is 31.7 Å². The average molecular weight is 355 g/mol. The summed E-state index contributed by atoms with van der Waals surface area (Å²) in [4.78, 5) is 19.6. The largest absolute Gasteiger partial charge is 0.495 e. The Morgan fingerprint density at radius 2 is 1.92 bits per heavy atom. The first-order valence-electron chi connectivity index (χ1n) is 8.08. The van der Waals surface area contributed by atoms with E-state index in [0.717, 1.165) is 21.7 Å². The van der Waals surface area contributed by atoms with Crippen LogP contribution >= 0.6 is 11.3 Å². The molecule has 0 aliphatic carbocycles. The summed E-state index contributed by atoms with van der Waals surface area (Å²) in [6.07, 6.45) is 0. The molecule has 0 spiro atoms. The van der Waals surface area contributed by atoms with Gasteiger partial charge < -0.3 is 14.2 Å². The Labute approximate surface area is 150 Å². The third-order valence-corrected chi connectivity index (χ3v) is 5.07. The molecule has 0 bridgehead atoms. The smallest absolute Gasteiger partial charge is 0.279 e. The lowest BCUT2D eigenvalue weighted by atomic mass is 10.2. The Morgan fingerprint density at radius 1 is 1.20 bits per heavy atom. The monoisotopic (exact) mass is 355 g/mol. The van der Waals surface area contributed by atoms with E-state index in [-0.39, 0.29) is 5.91 Å². The highest BCUT2D eigenvalue weighted by atomic mass is 32.1. The van der Waals surface area contributed by atoms with E-state index >= 15 is 0 Å². The van der Waals surface area contributed by atoms with Gasteiger partial charge in [0.2, 0.25) is 0 Å². The highest BCUT2D eigenvalue weighted by Gasteiger charge is 2.12. The normalized spacial score (nSPS) is 11.8. The van der Waals surface area contributed by atoms with Gasteiger partial charge in [0, 0.05) is 31.9 Å². The minimum atomic E-state index is -0.238. The Morgan fingerprint density at radius 3 is 2.52 bits per heavy atom. The molecule has 0 fully saturated rings. The van der Waals surface area contributed by atoms with Gasteiger partial charge in [-0.2, -0.15) is 4.99 Å². The number of amides is 1. The van der Waals surface area contributed by atoms with Crippen molar-refractivity contribution in [2.45, 2.75) is 13.5 Å². The highest BCUT2D eigenvalue weighted by molar-refractivity contribution is 7.16.